The monoisotopic (exact) mass is 508 g/mol. The first kappa shape index (κ1) is 26.3. The van der Waals surface area contributed by atoms with E-state index in [-0.39, 0.29) is 22.8 Å². The lowest BCUT2D eigenvalue weighted by Gasteiger charge is -2.26. The van der Waals surface area contributed by atoms with Gasteiger partial charge in [-0.15, -0.1) is 0 Å². The molecule has 1 aliphatic heterocycles. The molecule has 3 rings (SSSR count). The van der Waals surface area contributed by atoms with Gasteiger partial charge in [0.05, 0.1) is 50.7 Å². The van der Waals surface area contributed by atoms with Crippen LogP contribution < -0.4 is 19.5 Å². The van der Waals surface area contributed by atoms with Crippen molar-refractivity contribution in [3.63, 3.8) is 0 Å². The van der Waals surface area contributed by atoms with Crippen LogP contribution in [0.3, 0.4) is 0 Å². The molecular weight excluding hydrogens is 480 g/mol. The molecule has 1 aliphatic rings. The molecule has 190 valence electrons. The Hall–Kier alpha value is -3.35. The molecule has 1 saturated heterocycles. The van der Waals surface area contributed by atoms with Gasteiger partial charge in [-0.05, 0) is 30.7 Å². The Labute approximate surface area is 203 Å². The SMILES string of the molecule is COC(=O)c1cc(OC)c(OC)cc1NC(=O)COc1ccc(S(=O)(=O)N2CCOCC2)cc1C. The van der Waals surface area contributed by atoms with Crippen molar-refractivity contribution in [3.8, 4) is 17.2 Å². The number of ether oxygens (including phenoxy) is 5. The highest BCUT2D eigenvalue weighted by Crippen LogP contribution is 2.34. The number of nitrogens with zero attached hydrogens (tertiary/aromatic N) is 1. The zero-order valence-electron chi connectivity index (χ0n) is 20.0. The van der Waals surface area contributed by atoms with Crippen LogP contribution in [0.2, 0.25) is 0 Å². The number of carbonyl (C=O) groups excluding carboxylic acids is 2. The number of hydrogen-bond acceptors (Lipinski definition) is 9. The molecule has 0 spiro atoms. The summed E-state index contributed by atoms with van der Waals surface area (Å²) in [4.78, 5) is 24.9. The highest BCUT2D eigenvalue weighted by molar-refractivity contribution is 7.89. The number of amides is 1. The van der Waals surface area contributed by atoms with Gasteiger partial charge in [0.15, 0.2) is 18.1 Å². The normalized spacial score (nSPS) is 14.2. The first-order valence-electron chi connectivity index (χ1n) is 10.7. The van der Waals surface area contributed by atoms with E-state index < -0.39 is 21.9 Å². The van der Waals surface area contributed by atoms with Crippen LogP contribution in [0.5, 0.6) is 17.2 Å². The minimum absolute atomic E-state index is 0.0763. The predicted octanol–water partition coefficient (Wildman–Crippen LogP) is 1.84. The van der Waals surface area contributed by atoms with Crippen LogP contribution in [0, 0.1) is 6.92 Å². The Kier molecular flexibility index (Phi) is 8.54. The molecule has 11 nitrogen and oxygen atoms in total. The first-order chi connectivity index (χ1) is 16.7. The van der Waals surface area contributed by atoms with Gasteiger partial charge < -0.3 is 29.0 Å². The van der Waals surface area contributed by atoms with Crippen LogP contribution in [0.15, 0.2) is 35.2 Å². The third-order valence-electron chi connectivity index (χ3n) is 5.32. The molecule has 2 aromatic rings. The van der Waals surface area contributed by atoms with E-state index in [1.807, 2.05) is 0 Å². The zero-order valence-corrected chi connectivity index (χ0v) is 20.8. The number of aryl methyl sites for hydroxylation is 1. The Balaban J connectivity index is 1.72. The fourth-order valence-electron chi connectivity index (χ4n) is 3.47. The molecular formula is C23H28N2O9S. The number of esters is 1. The van der Waals surface area contributed by atoms with Crippen molar-refractivity contribution >= 4 is 27.6 Å². The quantitative estimate of drug-likeness (QED) is 0.504. The Morgan fingerprint density at radius 1 is 1.00 bits per heavy atom. The van der Waals surface area contributed by atoms with E-state index in [9.17, 15) is 18.0 Å². The van der Waals surface area contributed by atoms with E-state index in [1.54, 1.807) is 6.92 Å². The molecule has 12 heteroatoms. The maximum Gasteiger partial charge on any atom is 0.340 e. The lowest BCUT2D eigenvalue weighted by atomic mass is 10.1. The molecule has 1 fully saturated rings. The minimum Gasteiger partial charge on any atom is -0.493 e. The van der Waals surface area contributed by atoms with Gasteiger partial charge in [0.25, 0.3) is 5.91 Å². The van der Waals surface area contributed by atoms with E-state index in [2.05, 4.69) is 5.32 Å². The Bertz CT molecular complexity index is 1190. The molecule has 1 heterocycles. The number of nitrogens with one attached hydrogen (secondary N) is 1. The average molecular weight is 509 g/mol. The smallest absolute Gasteiger partial charge is 0.340 e. The third-order valence-corrected chi connectivity index (χ3v) is 7.21. The molecule has 0 aromatic heterocycles. The van der Waals surface area contributed by atoms with Crippen molar-refractivity contribution in [2.24, 2.45) is 0 Å². The maximum atomic E-state index is 12.8. The Morgan fingerprint density at radius 2 is 1.66 bits per heavy atom. The van der Waals surface area contributed by atoms with Gasteiger partial charge in [-0.3, -0.25) is 4.79 Å². The van der Waals surface area contributed by atoms with Crippen LogP contribution in [-0.2, 0) is 24.3 Å². The molecule has 1 N–H and O–H groups in total. The average Bonchev–Trinajstić information content (AvgIpc) is 2.87. The highest BCUT2D eigenvalue weighted by atomic mass is 32.2. The summed E-state index contributed by atoms with van der Waals surface area (Å²) in [5, 5.41) is 2.61. The predicted molar refractivity (Wildman–Crippen MR) is 126 cm³/mol. The van der Waals surface area contributed by atoms with Gasteiger partial charge in [-0.2, -0.15) is 4.31 Å². The van der Waals surface area contributed by atoms with Gasteiger partial charge in [0.2, 0.25) is 10.0 Å². The summed E-state index contributed by atoms with van der Waals surface area (Å²) in [5.41, 5.74) is 0.785. The maximum absolute atomic E-state index is 12.8. The van der Waals surface area contributed by atoms with Crippen LogP contribution >= 0.6 is 0 Å². The van der Waals surface area contributed by atoms with E-state index >= 15 is 0 Å². The molecule has 0 unspecified atom stereocenters. The van der Waals surface area contributed by atoms with Crippen LogP contribution in [0.1, 0.15) is 15.9 Å². The van der Waals surface area contributed by atoms with Crippen molar-refractivity contribution in [3.05, 3.63) is 41.5 Å². The summed E-state index contributed by atoms with van der Waals surface area (Å²) < 4.78 is 53.1. The number of rotatable bonds is 9. The second-order valence-corrected chi connectivity index (χ2v) is 9.46. The van der Waals surface area contributed by atoms with Crippen molar-refractivity contribution in [1.29, 1.82) is 0 Å². The van der Waals surface area contributed by atoms with Crippen molar-refractivity contribution in [2.75, 3.05) is 59.6 Å². The second kappa shape index (κ2) is 11.4. The lowest BCUT2D eigenvalue weighted by molar-refractivity contribution is -0.118. The number of methoxy groups -OCH3 is 3. The largest absolute Gasteiger partial charge is 0.493 e. The summed E-state index contributed by atoms with van der Waals surface area (Å²) in [6.45, 7) is 2.60. The van der Waals surface area contributed by atoms with Gasteiger partial charge in [0.1, 0.15) is 5.75 Å². The zero-order chi connectivity index (χ0) is 25.6. The summed E-state index contributed by atoms with van der Waals surface area (Å²) in [6, 6.07) is 7.29. The van der Waals surface area contributed by atoms with E-state index in [0.717, 1.165) is 0 Å². The highest BCUT2D eigenvalue weighted by Gasteiger charge is 2.27. The van der Waals surface area contributed by atoms with E-state index in [4.69, 9.17) is 23.7 Å². The summed E-state index contributed by atoms with van der Waals surface area (Å²) in [6.07, 6.45) is 0. The van der Waals surface area contributed by atoms with Gasteiger partial charge >= 0.3 is 5.97 Å². The van der Waals surface area contributed by atoms with E-state index in [1.165, 1.54) is 56.0 Å². The molecule has 0 saturated carbocycles. The van der Waals surface area contributed by atoms with Crippen molar-refractivity contribution in [1.82, 2.24) is 4.31 Å². The van der Waals surface area contributed by atoms with Crippen molar-refractivity contribution in [2.45, 2.75) is 11.8 Å². The van der Waals surface area contributed by atoms with Gasteiger partial charge in [0, 0.05) is 25.2 Å². The lowest BCUT2D eigenvalue weighted by Crippen LogP contribution is -2.40. The Morgan fingerprint density at radius 3 is 2.26 bits per heavy atom. The topological polar surface area (TPSA) is 130 Å². The summed E-state index contributed by atoms with van der Waals surface area (Å²) in [7, 11) is 0.421. The number of sulfonamides is 1. The van der Waals surface area contributed by atoms with Crippen molar-refractivity contribution < 1.29 is 41.7 Å². The van der Waals surface area contributed by atoms with Gasteiger partial charge in [-0.1, -0.05) is 0 Å². The number of hydrogen-bond donors (Lipinski definition) is 1. The molecule has 0 radical (unpaired) electrons. The molecule has 0 atom stereocenters. The first-order valence-corrected chi connectivity index (χ1v) is 12.1. The molecule has 2 aromatic carbocycles. The fraction of sp³-hybridized carbons (Fsp3) is 0.391. The fourth-order valence-corrected chi connectivity index (χ4v) is 4.96. The second-order valence-electron chi connectivity index (χ2n) is 7.52. The molecule has 1 amide bonds. The molecule has 35 heavy (non-hydrogen) atoms. The molecule has 0 aliphatic carbocycles. The summed E-state index contributed by atoms with van der Waals surface area (Å²) >= 11 is 0. The molecule has 0 bridgehead atoms. The number of anilines is 1. The minimum atomic E-state index is -3.65. The summed E-state index contributed by atoms with van der Waals surface area (Å²) in [5.74, 6) is -0.266. The van der Waals surface area contributed by atoms with Crippen LogP contribution in [0.25, 0.3) is 0 Å². The van der Waals surface area contributed by atoms with E-state index in [0.29, 0.717) is 49.1 Å². The van der Waals surface area contributed by atoms with Crippen LogP contribution in [-0.4, -0.2) is 78.8 Å². The number of benzene rings is 2. The number of carbonyl (C=O) groups is 2. The van der Waals surface area contributed by atoms with Crippen LogP contribution in [0.4, 0.5) is 5.69 Å². The third kappa shape index (κ3) is 6.02. The number of morpholine rings is 1. The standard InChI is InChI=1S/C23H28N2O9S/c1-15-11-16(35(28,29)25-7-9-33-10-8-25)5-6-19(15)34-14-22(26)24-18-13-21(31-3)20(30-2)12-17(18)23(27)32-4/h5-6,11-13H,7-10,14H2,1-4H3,(H,24,26). The van der Waals surface area contributed by atoms with Gasteiger partial charge in [-0.25, -0.2) is 13.2 Å².